The number of rotatable bonds is 5. The minimum Gasteiger partial charge on any atom is -0.476 e. The minimum absolute atomic E-state index is 0.122. The van der Waals surface area contributed by atoms with E-state index in [0.717, 1.165) is 11.8 Å². The van der Waals surface area contributed by atoms with Gasteiger partial charge in [-0.25, -0.2) is 9.78 Å². The van der Waals surface area contributed by atoms with Crippen LogP contribution in [-0.2, 0) is 6.54 Å². The minimum atomic E-state index is -1.14. The highest BCUT2D eigenvalue weighted by molar-refractivity contribution is 5.85. The number of nitrogens with one attached hydrogen (secondary N) is 1. The van der Waals surface area contributed by atoms with Crippen LogP contribution >= 0.6 is 0 Å². The summed E-state index contributed by atoms with van der Waals surface area (Å²) in [5.41, 5.74) is 1.39. The fourth-order valence-corrected chi connectivity index (χ4v) is 1.72. The second kappa shape index (κ2) is 5.49. The van der Waals surface area contributed by atoms with Gasteiger partial charge in [0.25, 0.3) is 6.01 Å². The summed E-state index contributed by atoms with van der Waals surface area (Å²) in [6, 6.07) is 9.64. The van der Waals surface area contributed by atoms with Gasteiger partial charge in [0, 0.05) is 5.56 Å². The van der Waals surface area contributed by atoms with Gasteiger partial charge in [-0.3, -0.25) is 0 Å². The van der Waals surface area contributed by atoms with E-state index in [4.69, 9.17) is 13.9 Å². The maximum atomic E-state index is 10.7. The Balaban J connectivity index is 1.66. The van der Waals surface area contributed by atoms with Crippen molar-refractivity contribution in [3.63, 3.8) is 0 Å². The molecule has 1 aromatic carbocycles. The summed E-state index contributed by atoms with van der Waals surface area (Å²) in [4.78, 5) is 18.7. The predicted octanol–water partition coefficient (Wildman–Crippen LogP) is 2.64. The highest BCUT2D eigenvalue weighted by Gasteiger charge is 2.11. The Bertz CT molecular complexity index is 748. The fraction of sp³-hybridized carbons (Fsp3) is 0.0714. The van der Waals surface area contributed by atoms with Crippen molar-refractivity contribution >= 4 is 12.0 Å². The third kappa shape index (κ3) is 2.92. The van der Waals surface area contributed by atoms with Gasteiger partial charge in [-0.15, -0.1) is 0 Å². The average molecular weight is 285 g/mol. The van der Waals surface area contributed by atoms with E-state index in [9.17, 15) is 4.79 Å². The molecule has 106 valence electrons. The van der Waals surface area contributed by atoms with Crippen LogP contribution in [0.1, 0.15) is 16.2 Å². The van der Waals surface area contributed by atoms with E-state index in [1.165, 1.54) is 6.26 Å². The first-order valence-electron chi connectivity index (χ1n) is 6.15. The van der Waals surface area contributed by atoms with Gasteiger partial charge >= 0.3 is 5.97 Å². The summed E-state index contributed by atoms with van der Waals surface area (Å²) >= 11 is 0. The van der Waals surface area contributed by atoms with Crippen LogP contribution < -0.4 is 5.32 Å². The number of nitrogens with zero attached hydrogens (tertiary/aromatic N) is 2. The van der Waals surface area contributed by atoms with Gasteiger partial charge in [0.05, 0.1) is 12.2 Å². The zero-order chi connectivity index (χ0) is 14.7. The number of hydrogen-bond acceptors (Lipinski definition) is 6. The Hall–Kier alpha value is -3.09. The third-order valence-electron chi connectivity index (χ3n) is 2.72. The van der Waals surface area contributed by atoms with Crippen molar-refractivity contribution in [1.82, 2.24) is 9.97 Å². The number of hydrogen-bond donors (Lipinski definition) is 2. The summed E-state index contributed by atoms with van der Waals surface area (Å²) in [6.07, 6.45) is 2.60. The van der Waals surface area contributed by atoms with Crippen LogP contribution in [-0.4, -0.2) is 21.0 Å². The second-order valence-electron chi connectivity index (χ2n) is 4.21. The molecule has 0 saturated heterocycles. The van der Waals surface area contributed by atoms with Crippen molar-refractivity contribution in [2.45, 2.75) is 6.54 Å². The molecule has 3 rings (SSSR count). The highest BCUT2D eigenvalue weighted by atomic mass is 16.4. The molecule has 0 aliphatic rings. The second-order valence-corrected chi connectivity index (χ2v) is 4.21. The molecule has 0 fully saturated rings. The molecule has 0 bridgehead atoms. The molecule has 0 unspecified atom stereocenters. The molecule has 2 heterocycles. The van der Waals surface area contributed by atoms with Crippen molar-refractivity contribution in [3.8, 4) is 11.5 Å². The summed E-state index contributed by atoms with van der Waals surface area (Å²) in [5, 5.41) is 11.6. The van der Waals surface area contributed by atoms with Crippen molar-refractivity contribution in [3.05, 3.63) is 54.2 Å². The van der Waals surface area contributed by atoms with Crippen LogP contribution in [0.2, 0.25) is 0 Å². The largest absolute Gasteiger partial charge is 0.476 e. The molecule has 7 heteroatoms. The average Bonchev–Trinajstić information content (AvgIpc) is 3.15. The van der Waals surface area contributed by atoms with E-state index in [-0.39, 0.29) is 11.7 Å². The number of aromatic carboxylic acids is 1. The van der Waals surface area contributed by atoms with Gasteiger partial charge in [-0.1, -0.05) is 18.2 Å². The van der Waals surface area contributed by atoms with Gasteiger partial charge in [-0.05, 0) is 12.1 Å². The zero-order valence-corrected chi connectivity index (χ0v) is 10.8. The number of benzene rings is 1. The lowest BCUT2D eigenvalue weighted by Gasteiger charge is -1.96. The van der Waals surface area contributed by atoms with Crippen LogP contribution in [0.3, 0.4) is 0 Å². The van der Waals surface area contributed by atoms with Gasteiger partial charge in [0.2, 0.25) is 5.89 Å². The molecule has 21 heavy (non-hydrogen) atoms. The molecule has 0 saturated carbocycles. The molecule has 7 nitrogen and oxygen atoms in total. The fourth-order valence-electron chi connectivity index (χ4n) is 1.72. The molecule has 0 aliphatic heterocycles. The number of oxazole rings is 2. The SMILES string of the molecule is O=C(O)c1coc(NCc2coc(-c3ccccc3)n2)n1. The van der Waals surface area contributed by atoms with Crippen LogP contribution in [0, 0.1) is 0 Å². The van der Waals surface area contributed by atoms with Crippen molar-refractivity contribution in [2.24, 2.45) is 0 Å². The Kier molecular flexibility index (Phi) is 3.38. The van der Waals surface area contributed by atoms with Crippen LogP contribution in [0.4, 0.5) is 6.01 Å². The lowest BCUT2D eigenvalue weighted by Crippen LogP contribution is -2.01. The normalized spacial score (nSPS) is 10.5. The summed E-state index contributed by atoms with van der Waals surface area (Å²) < 4.78 is 10.4. The lowest BCUT2D eigenvalue weighted by atomic mass is 10.2. The Morgan fingerprint density at radius 3 is 2.67 bits per heavy atom. The zero-order valence-electron chi connectivity index (χ0n) is 10.8. The van der Waals surface area contributed by atoms with E-state index in [1.807, 2.05) is 30.3 Å². The Labute approximate surface area is 119 Å². The maximum absolute atomic E-state index is 10.7. The molecule has 0 spiro atoms. The quantitative estimate of drug-likeness (QED) is 0.742. The Morgan fingerprint density at radius 2 is 1.95 bits per heavy atom. The standard InChI is InChI=1S/C14H11N3O4/c18-13(19)11-8-21-14(17-11)15-6-10-7-20-12(16-10)9-4-2-1-3-5-9/h1-5,7-8H,6H2,(H,15,17)(H,18,19). The summed E-state index contributed by atoms with van der Waals surface area (Å²) in [5.74, 6) is -0.620. The van der Waals surface area contributed by atoms with Crippen molar-refractivity contribution < 1.29 is 18.7 Å². The molecule has 0 aliphatic carbocycles. The number of carboxylic acids is 1. The van der Waals surface area contributed by atoms with Crippen LogP contribution in [0.15, 0.2) is 51.7 Å². The van der Waals surface area contributed by atoms with Gasteiger partial charge in [0.1, 0.15) is 12.5 Å². The van der Waals surface area contributed by atoms with E-state index in [1.54, 1.807) is 0 Å². The van der Waals surface area contributed by atoms with E-state index in [0.29, 0.717) is 18.1 Å². The molecular weight excluding hydrogens is 274 g/mol. The van der Waals surface area contributed by atoms with E-state index < -0.39 is 5.97 Å². The first-order valence-corrected chi connectivity index (χ1v) is 6.15. The monoisotopic (exact) mass is 285 g/mol. The van der Waals surface area contributed by atoms with E-state index in [2.05, 4.69) is 15.3 Å². The van der Waals surface area contributed by atoms with Crippen LogP contribution in [0.5, 0.6) is 0 Å². The van der Waals surface area contributed by atoms with Gasteiger partial charge in [-0.2, -0.15) is 4.98 Å². The number of aromatic nitrogens is 2. The highest BCUT2D eigenvalue weighted by Crippen LogP contribution is 2.18. The van der Waals surface area contributed by atoms with Crippen molar-refractivity contribution in [1.29, 1.82) is 0 Å². The molecule has 0 amide bonds. The number of anilines is 1. The lowest BCUT2D eigenvalue weighted by molar-refractivity contribution is 0.0690. The van der Waals surface area contributed by atoms with Crippen molar-refractivity contribution in [2.75, 3.05) is 5.32 Å². The molecule has 3 aromatic rings. The maximum Gasteiger partial charge on any atom is 0.357 e. The summed E-state index contributed by atoms with van der Waals surface area (Å²) in [7, 11) is 0. The van der Waals surface area contributed by atoms with Crippen LogP contribution in [0.25, 0.3) is 11.5 Å². The Morgan fingerprint density at radius 1 is 1.14 bits per heavy atom. The first-order chi connectivity index (χ1) is 10.2. The molecular formula is C14H11N3O4. The smallest absolute Gasteiger partial charge is 0.357 e. The molecule has 2 N–H and O–H groups in total. The van der Waals surface area contributed by atoms with Gasteiger partial charge in [0.15, 0.2) is 5.69 Å². The third-order valence-corrected chi connectivity index (χ3v) is 2.72. The predicted molar refractivity (Wildman–Crippen MR) is 72.7 cm³/mol. The number of carboxylic acid groups (broad SMARTS) is 1. The number of carbonyl (C=O) groups is 1. The van der Waals surface area contributed by atoms with E-state index >= 15 is 0 Å². The molecule has 2 aromatic heterocycles. The summed E-state index contributed by atoms with van der Waals surface area (Å²) in [6.45, 7) is 0.315. The van der Waals surface area contributed by atoms with Gasteiger partial charge < -0.3 is 19.3 Å². The molecule has 0 radical (unpaired) electrons. The topological polar surface area (TPSA) is 101 Å². The first kappa shape index (κ1) is 12.9. The molecule has 0 atom stereocenters.